The number of hydrogen-bond donors (Lipinski definition) is 0. The van der Waals surface area contributed by atoms with Gasteiger partial charge in [0.25, 0.3) is 0 Å². The fraction of sp³-hybridized carbons (Fsp3) is 0. The van der Waals surface area contributed by atoms with Crippen molar-refractivity contribution in [3.05, 3.63) is 230 Å². The van der Waals surface area contributed by atoms with Crippen LogP contribution in [0.15, 0.2) is 224 Å². The van der Waals surface area contributed by atoms with E-state index in [0.29, 0.717) is 11.4 Å². The van der Waals surface area contributed by atoms with E-state index in [2.05, 4.69) is 168 Å². The van der Waals surface area contributed by atoms with E-state index in [9.17, 15) is 5.26 Å². The molecule has 11 rings (SSSR count). The van der Waals surface area contributed by atoms with Crippen LogP contribution in [0.3, 0.4) is 0 Å². The Morgan fingerprint density at radius 2 is 0.952 bits per heavy atom. The van der Waals surface area contributed by atoms with Gasteiger partial charge in [0, 0.05) is 27.8 Å². The molecule has 2 heterocycles. The predicted molar refractivity (Wildman–Crippen MR) is 257 cm³/mol. The smallest absolute Gasteiger partial charge is 0.160 e. The number of rotatable bonds is 8. The zero-order valence-electron chi connectivity index (χ0n) is 34.1. The third-order valence-corrected chi connectivity index (χ3v) is 11.7. The minimum Gasteiger partial charge on any atom is -0.292 e. The van der Waals surface area contributed by atoms with Gasteiger partial charge in [-0.1, -0.05) is 182 Å². The highest BCUT2D eigenvalue weighted by Gasteiger charge is 2.21. The summed E-state index contributed by atoms with van der Waals surface area (Å²) in [7, 11) is 0. The summed E-state index contributed by atoms with van der Waals surface area (Å²) in [5.41, 5.74) is 15.2. The van der Waals surface area contributed by atoms with Crippen molar-refractivity contribution in [1.29, 1.82) is 5.26 Å². The van der Waals surface area contributed by atoms with Crippen LogP contribution in [-0.2, 0) is 0 Å². The molecule has 0 aliphatic rings. The highest BCUT2D eigenvalue weighted by molar-refractivity contribution is 5.96. The lowest BCUT2D eigenvalue weighted by molar-refractivity contribution is 1.10. The second kappa shape index (κ2) is 16.0. The zero-order chi connectivity index (χ0) is 42.1. The Balaban J connectivity index is 1.08. The van der Waals surface area contributed by atoms with Gasteiger partial charge in [0.15, 0.2) is 5.82 Å². The fourth-order valence-electron chi connectivity index (χ4n) is 8.71. The number of hydrogen-bond acceptors (Lipinski definition) is 4. The van der Waals surface area contributed by atoms with E-state index in [4.69, 9.17) is 15.0 Å². The molecule has 0 fully saturated rings. The molecule has 0 unspecified atom stereocenters. The second-order valence-corrected chi connectivity index (χ2v) is 15.5. The predicted octanol–water partition coefficient (Wildman–Crippen LogP) is 14.5. The molecule has 0 atom stereocenters. The summed E-state index contributed by atoms with van der Waals surface area (Å²) < 4.78 is 2.31. The zero-order valence-corrected chi connectivity index (χ0v) is 34.1. The number of nitrogens with zero attached hydrogens (tertiary/aromatic N) is 5. The average molecular weight is 804 g/mol. The molecule has 294 valence electrons. The second-order valence-electron chi connectivity index (χ2n) is 15.5. The van der Waals surface area contributed by atoms with Crippen LogP contribution in [0.25, 0.3) is 106 Å². The first-order valence-corrected chi connectivity index (χ1v) is 21.0. The number of para-hydroxylation sites is 3. The molecule has 0 spiro atoms. The highest BCUT2D eigenvalue weighted by Crippen LogP contribution is 2.42. The average Bonchev–Trinajstić information content (AvgIpc) is 3.76. The molecule has 0 saturated carbocycles. The highest BCUT2D eigenvalue weighted by atomic mass is 15.1. The molecule has 0 aliphatic carbocycles. The largest absolute Gasteiger partial charge is 0.292 e. The summed E-state index contributed by atoms with van der Waals surface area (Å²) in [6, 6.07) is 79.7. The molecular formula is C58H37N5. The third-order valence-electron chi connectivity index (χ3n) is 11.7. The molecule has 0 aliphatic heterocycles. The molecule has 0 saturated heterocycles. The minimum atomic E-state index is 0.601. The first-order chi connectivity index (χ1) is 31.2. The van der Waals surface area contributed by atoms with Crippen molar-refractivity contribution in [2.75, 3.05) is 0 Å². The van der Waals surface area contributed by atoms with E-state index in [1.807, 2.05) is 66.7 Å². The van der Waals surface area contributed by atoms with Gasteiger partial charge >= 0.3 is 0 Å². The van der Waals surface area contributed by atoms with Gasteiger partial charge < -0.3 is 0 Å². The van der Waals surface area contributed by atoms with Gasteiger partial charge in [0.1, 0.15) is 5.82 Å². The quantitative estimate of drug-likeness (QED) is 0.153. The lowest BCUT2D eigenvalue weighted by Crippen LogP contribution is -2.01. The molecule has 0 amide bonds. The van der Waals surface area contributed by atoms with Gasteiger partial charge in [-0.15, -0.1) is 0 Å². The Morgan fingerprint density at radius 1 is 0.365 bits per heavy atom. The molecule has 11 aromatic rings. The maximum atomic E-state index is 9.92. The van der Waals surface area contributed by atoms with Crippen molar-refractivity contribution in [2.45, 2.75) is 0 Å². The SMILES string of the molecule is N#Cc1ccccc1-c1cccc(-c2nc(-c3ccccc3)cc(-c3ccccc3-c3ccccc3-c3ccccc3-n3c(-c4ccc5ccccc5c4)nc4ccccc43)n2)c1. The molecule has 0 N–H and O–H groups in total. The summed E-state index contributed by atoms with van der Waals surface area (Å²) >= 11 is 0. The number of fused-ring (bicyclic) bond motifs is 2. The Morgan fingerprint density at radius 3 is 1.76 bits per heavy atom. The van der Waals surface area contributed by atoms with Gasteiger partial charge in [-0.3, -0.25) is 4.57 Å². The Hall–Kier alpha value is -8.72. The molecule has 5 heteroatoms. The number of aromatic nitrogens is 4. The molecule has 63 heavy (non-hydrogen) atoms. The van der Waals surface area contributed by atoms with Crippen LogP contribution in [0.1, 0.15) is 5.56 Å². The molecule has 9 aromatic carbocycles. The summed E-state index contributed by atoms with van der Waals surface area (Å²) in [6.45, 7) is 0. The number of nitriles is 1. The number of imidazole rings is 1. The van der Waals surface area contributed by atoms with Gasteiger partial charge in [-0.05, 0) is 81.1 Å². The van der Waals surface area contributed by atoms with E-state index in [-0.39, 0.29) is 0 Å². The first-order valence-electron chi connectivity index (χ1n) is 21.0. The van der Waals surface area contributed by atoms with Crippen LogP contribution in [-0.4, -0.2) is 19.5 Å². The normalized spacial score (nSPS) is 11.2. The van der Waals surface area contributed by atoms with E-state index in [0.717, 1.165) is 89.6 Å². The third kappa shape index (κ3) is 6.92. The molecular weight excluding hydrogens is 767 g/mol. The van der Waals surface area contributed by atoms with Crippen molar-refractivity contribution in [3.8, 4) is 90.4 Å². The van der Waals surface area contributed by atoms with E-state index >= 15 is 0 Å². The summed E-state index contributed by atoms with van der Waals surface area (Å²) in [6.07, 6.45) is 0. The van der Waals surface area contributed by atoms with Crippen LogP contribution >= 0.6 is 0 Å². The summed E-state index contributed by atoms with van der Waals surface area (Å²) in [4.78, 5) is 15.8. The van der Waals surface area contributed by atoms with Gasteiger partial charge in [-0.2, -0.15) is 5.26 Å². The molecule has 0 bridgehead atoms. The van der Waals surface area contributed by atoms with E-state index < -0.39 is 0 Å². The van der Waals surface area contributed by atoms with Crippen LogP contribution < -0.4 is 0 Å². The summed E-state index contributed by atoms with van der Waals surface area (Å²) in [5, 5.41) is 12.3. The van der Waals surface area contributed by atoms with Crippen molar-refractivity contribution < 1.29 is 0 Å². The van der Waals surface area contributed by atoms with Crippen LogP contribution in [0, 0.1) is 11.3 Å². The van der Waals surface area contributed by atoms with Crippen molar-refractivity contribution in [1.82, 2.24) is 19.5 Å². The fourth-order valence-corrected chi connectivity index (χ4v) is 8.71. The van der Waals surface area contributed by atoms with Gasteiger partial charge in [0.2, 0.25) is 0 Å². The Bertz CT molecular complexity index is 3540. The maximum absolute atomic E-state index is 9.92. The van der Waals surface area contributed by atoms with E-state index in [1.165, 1.54) is 10.8 Å². The summed E-state index contributed by atoms with van der Waals surface area (Å²) in [5.74, 6) is 1.48. The topological polar surface area (TPSA) is 67.4 Å². The van der Waals surface area contributed by atoms with Crippen LogP contribution in [0.4, 0.5) is 0 Å². The Kier molecular flexibility index (Phi) is 9.50. The van der Waals surface area contributed by atoms with Crippen LogP contribution in [0.2, 0.25) is 0 Å². The molecule has 0 radical (unpaired) electrons. The molecule has 2 aromatic heterocycles. The maximum Gasteiger partial charge on any atom is 0.160 e. The van der Waals surface area contributed by atoms with Crippen LogP contribution in [0.5, 0.6) is 0 Å². The first kappa shape index (κ1) is 37.3. The standard InChI is InChI=1S/C58H37N5/c59-38-45-21-6-7-24-46(45)42-22-16-23-43(36-42)57-60-53(40-18-2-1-3-19-40)37-54(61-57)50-28-11-10-26-48(50)47-25-8-9-27-49(47)51-29-12-14-31-55(51)63-56-32-15-13-30-52(56)62-58(63)44-34-33-39-17-4-5-20-41(39)35-44/h1-37H. The number of benzene rings is 9. The lowest BCUT2D eigenvalue weighted by Gasteiger charge is -2.19. The van der Waals surface area contributed by atoms with Crippen molar-refractivity contribution >= 4 is 21.8 Å². The van der Waals surface area contributed by atoms with Crippen molar-refractivity contribution in [3.63, 3.8) is 0 Å². The lowest BCUT2D eigenvalue weighted by atomic mass is 9.89. The monoisotopic (exact) mass is 803 g/mol. The Labute approximate surface area is 365 Å². The minimum absolute atomic E-state index is 0.601. The van der Waals surface area contributed by atoms with E-state index in [1.54, 1.807) is 0 Å². The molecule has 5 nitrogen and oxygen atoms in total. The van der Waals surface area contributed by atoms with Gasteiger partial charge in [0.05, 0.1) is 39.7 Å². The van der Waals surface area contributed by atoms with Crippen molar-refractivity contribution in [2.24, 2.45) is 0 Å². The van der Waals surface area contributed by atoms with Gasteiger partial charge in [-0.25, -0.2) is 15.0 Å².